The van der Waals surface area contributed by atoms with Gasteiger partial charge in [-0.2, -0.15) is 0 Å². The van der Waals surface area contributed by atoms with Gasteiger partial charge in [-0.3, -0.25) is 15.0 Å². The van der Waals surface area contributed by atoms with Gasteiger partial charge in [-0.25, -0.2) is 4.79 Å². The second-order valence-electron chi connectivity index (χ2n) is 3.71. The van der Waals surface area contributed by atoms with E-state index in [1.54, 1.807) is 6.08 Å². The van der Waals surface area contributed by atoms with Crippen molar-refractivity contribution in [1.29, 1.82) is 0 Å². The first kappa shape index (κ1) is 11.2. The fourth-order valence-corrected chi connectivity index (χ4v) is 1.72. The normalized spacial score (nSPS) is 16.4. The highest BCUT2D eigenvalue weighted by atomic mass is 16.2. The largest absolute Gasteiger partial charge is 0.405 e. The van der Waals surface area contributed by atoms with Crippen LogP contribution in [0.25, 0.3) is 6.08 Å². The summed E-state index contributed by atoms with van der Waals surface area (Å²) in [5.74, 6) is -0.232. The quantitative estimate of drug-likeness (QED) is 0.799. The molecule has 5 heteroatoms. The lowest BCUT2D eigenvalue weighted by molar-refractivity contribution is -0.120. The molecule has 0 spiro atoms. The Labute approximate surface area is 98.9 Å². The number of nitrogens with two attached hydrogens (primary N) is 1. The van der Waals surface area contributed by atoms with Crippen molar-refractivity contribution in [2.24, 2.45) is 5.73 Å². The van der Waals surface area contributed by atoms with Gasteiger partial charge in [0, 0.05) is 18.7 Å². The predicted molar refractivity (Wildman–Crippen MR) is 65.2 cm³/mol. The minimum absolute atomic E-state index is 0.232. The summed E-state index contributed by atoms with van der Waals surface area (Å²) in [5, 5.41) is 2.28. The van der Waals surface area contributed by atoms with E-state index in [-0.39, 0.29) is 11.9 Å². The van der Waals surface area contributed by atoms with Crippen LogP contribution in [0.15, 0.2) is 30.5 Å². The first-order valence-electron chi connectivity index (χ1n) is 5.30. The van der Waals surface area contributed by atoms with Crippen molar-refractivity contribution in [3.8, 4) is 0 Å². The molecule has 0 saturated carbocycles. The Morgan fingerprint density at radius 2 is 2.18 bits per heavy atom. The average Bonchev–Trinajstić information content (AvgIpc) is 2.29. The zero-order valence-electron chi connectivity index (χ0n) is 9.22. The summed E-state index contributed by atoms with van der Waals surface area (Å²) in [6.45, 7) is 0.403. The minimum Gasteiger partial charge on any atom is -0.405 e. The summed E-state index contributed by atoms with van der Waals surface area (Å²) in [4.78, 5) is 24.2. The summed E-state index contributed by atoms with van der Waals surface area (Å²) in [5.41, 5.74) is 6.98. The van der Waals surface area contributed by atoms with E-state index in [4.69, 9.17) is 5.73 Å². The molecule has 3 N–H and O–H groups in total. The van der Waals surface area contributed by atoms with Crippen LogP contribution in [0, 0.1) is 0 Å². The third kappa shape index (κ3) is 2.44. The molecule has 2 rings (SSSR count). The molecule has 0 atom stereocenters. The van der Waals surface area contributed by atoms with Gasteiger partial charge in [-0.15, -0.1) is 0 Å². The van der Waals surface area contributed by atoms with Crippen molar-refractivity contribution in [1.82, 2.24) is 5.32 Å². The van der Waals surface area contributed by atoms with Crippen LogP contribution < -0.4 is 16.0 Å². The van der Waals surface area contributed by atoms with Gasteiger partial charge in [0.25, 0.3) is 0 Å². The Hall–Kier alpha value is -2.30. The van der Waals surface area contributed by atoms with Gasteiger partial charge >= 0.3 is 6.03 Å². The maximum atomic E-state index is 11.6. The summed E-state index contributed by atoms with van der Waals surface area (Å²) in [6.07, 6.45) is 3.51. The molecule has 5 nitrogen and oxygen atoms in total. The summed E-state index contributed by atoms with van der Waals surface area (Å²) < 4.78 is 0. The van der Waals surface area contributed by atoms with Gasteiger partial charge in [0.05, 0.1) is 0 Å². The molecule has 0 aliphatic carbocycles. The molecular weight excluding hydrogens is 218 g/mol. The molecule has 0 aromatic heterocycles. The highest BCUT2D eigenvalue weighted by molar-refractivity contribution is 6.05. The number of nitrogens with one attached hydrogen (secondary N) is 1. The second kappa shape index (κ2) is 4.69. The molecule has 1 heterocycles. The number of rotatable bonds is 2. The number of amides is 3. The lowest BCUT2D eigenvalue weighted by atomic mass is 10.1. The molecule has 1 aromatic rings. The first-order chi connectivity index (χ1) is 8.20. The fourth-order valence-electron chi connectivity index (χ4n) is 1.72. The van der Waals surface area contributed by atoms with Crippen LogP contribution in [0.5, 0.6) is 0 Å². The Morgan fingerprint density at radius 1 is 1.35 bits per heavy atom. The number of carbonyl (C=O) groups excluding carboxylic acids is 2. The monoisotopic (exact) mass is 231 g/mol. The minimum atomic E-state index is -0.380. The second-order valence-corrected chi connectivity index (χ2v) is 3.71. The van der Waals surface area contributed by atoms with E-state index in [1.807, 2.05) is 24.3 Å². The van der Waals surface area contributed by atoms with E-state index in [0.29, 0.717) is 13.0 Å². The van der Waals surface area contributed by atoms with Crippen LogP contribution in [0.1, 0.15) is 12.0 Å². The van der Waals surface area contributed by atoms with Crippen LogP contribution in [0.3, 0.4) is 0 Å². The zero-order chi connectivity index (χ0) is 12.3. The van der Waals surface area contributed by atoms with Gasteiger partial charge < -0.3 is 5.73 Å². The number of hydrogen-bond acceptors (Lipinski definition) is 3. The SMILES string of the molecule is N/C=C\c1cccc(N2CCC(=O)NC2=O)c1. The van der Waals surface area contributed by atoms with Crippen LogP contribution in [-0.2, 0) is 4.79 Å². The smallest absolute Gasteiger partial charge is 0.328 e. The number of hydrogen-bond donors (Lipinski definition) is 2. The molecule has 1 saturated heterocycles. The number of anilines is 1. The molecule has 1 aliphatic rings. The number of urea groups is 1. The van der Waals surface area contributed by atoms with Crippen molar-refractivity contribution in [3.63, 3.8) is 0 Å². The molecule has 0 unspecified atom stereocenters. The fraction of sp³-hybridized carbons (Fsp3) is 0.167. The van der Waals surface area contributed by atoms with Gasteiger partial charge in [0.15, 0.2) is 0 Å². The molecule has 1 fully saturated rings. The van der Waals surface area contributed by atoms with Crippen LogP contribution in [0.2, 0.25) is 0 Å². The Morgan fingerprint density at radius 3 is 2.88 bits per heavy atom. The van der Waals surface area contributed by atoms with Crippen molar-refractivity contribution in [2.45, 2.75) is 6.42 Å². The van der Waals surface area contributed by atoms with Crippen LogP contribution >= 0.6 is 0 Å². The van der Waals surface area contributed by atoms with E-state index in [9.17, 15) is 9.59 Å². The number of benzene rings is 1. The van der Waals surface area contributed by atoms with Gasteiger partial charge in [-0.05, 0) is 30.0 Å². The van der Waals surface area contributed by atoms with Crippen LogP contribution in [-0.4, -0.2) is 18.5 Å². The number of imide groups is 1. The highest BCUT2D eigenvalue weighted by Crippen LogP contribution is 2.19. The third-order valence-corrected chi connectivity index (χ3v) is 2.52. The van der Waals surface area contributed by atoms with Crippen molar-refractivity contribution >= 4 is 23.7 Å². The summed E-state index contributed by atoms with van der Waals surface area (Å²) in [6, 6.07) is 7.02. The Balaban J connectivity index is 2.24. The maximum absolute atomic E-state index is 11.6. The number of nitrogens with zero attached hydrogens (tertiary/aromatic N) is 1. The van der Waals surface area contributed by atoms with E-state index < -0.39 is 0 Å². The topological polar surface area (TPSA) is 75.4 Å². The number of carbonyl (C=O) groups is 2. The van der Waals surface area contributed by atoms with E-state index >= 15 is 0 Å². The molecule has 17 heavy (non-hydrogen) atoms. The average molecular weight is 231 g/mol. The standard InChI is InChI=1S/C12H13N3O2/c13-6-4-9-2-1-3-10(8-9)15-7-5-11(16)14-12(15)17/h1-4,6,8H,5,7,13H2,(H,14,16,17)/b6-4-. The van der Waals surface area contributed by atoms with Gasteiger partial charge in [0.1, 0.15) is 0 Å². The van der Waals surface area contributed by atoms with E-state index in [0.717, 1.165) is 11.3 Å². The third-order valence-electron chi connectivity index (χ3n) is 2.52. The molecule has 88 valence electrons. The lowest BCUT2D eigenvalue weighted by Crippen LogP contribution is -2.49. The van der Waals surface area contributed by atoms with E-state index in [1.165, 1.54) is 11.1 Å². The lowest BCUT2D eigenvalue weighted by Gasteiger charge is -2.26. The Bertz CT molecular complexity index is 482. The van der Waals surface area contributed by atoms with Gasteiger partial charge in [-0.1, -0.05) is 12.1 Å². The molecule has 1 aromatic carbocycles. The Kier molecular flexibility index (Phi) is 3.09. The van der Waals surface area contributed by atoms with Crippen molar-refractivity contribution in [3.05, 3.63) is 36.0 Å². The van der Waals surface area contributed by atoms with Crippen molar-refractivity contribution < 1.29 is 9.59 Å². The molecular formula is C12H13N3O2. The molecule has 0 bridgehead atoms. The molecule has 0 radical (unpaired) electrons. The summed E-state index contributed by atoms with van der Waals surface area (Å²) >= 11 is 0. The van der Waals surface area contributed by atoms with Gasteiger partial charge in [0.2, 0.25) is 5.91 Å². The van der Waals surface area contributed by atoms with E-state index in [2.05, 4.69) is 5.32 Å². The predicted octanol–water partition coefficient (Wildman–Crippen LogP) is 1.06. The van der Waals surface area contributed by atoms with Crippen LogP contribution in [0.4, 0.5) is 10.5 Å². The van der Waals surface area contributed by atoms with Crippen molar-refractivity contribution in [2.75, 3.05) is 11.4 Å². The first-order valence-corrected chi connectivity index (χ1v) is 5.30. The zero-order valence-corrected chi connectivity index (χ0v) is 9.22. The molecule has 3 amide bonds. The maximum Gasteiger partial charge on any atom is 0.328 e. The highest BCUT2D eigenvalue weighted by Gasteiger charge is 2.23. The summed E-state index contributed by atoms with van der Waals surface area (Å²) in [7, 11) is 0. The molecule has 1 aliphatic heterocycles.